The first-order valence-corrected chi connectivity index (χ1v) is 18.3. The number of amides is 3. The number of benzene rings is 3. The van der Waals surface area contributed by atoms with E-state index in [1.807, 2.05) is 44.2 Å². The Labute approximate surface area is 298 Å². The Morgan fingerprint density at radius 2 is 1.73 bits per heavy atom. The lowest BCUT2D eigenvalue weighted by Gasteiger charge is -2.43. The van der Waals surface area contributed by atoms with Gasteiger partial charge in [0.25, 0.3) is 5.91 Å². The van der Waals surface area contributed by atoms with Gasteiger partial charge in [0.05, 0.1) is 34.7 Å². The number of anilines is 2. The molecule has 2 aliphatic carbocycles. The summed E-state index contributed by atoms with van der Waals surface area (Å²) in [6.45, 7) is 3.80. The summed E-state index contributed by atoms with van der Waals surface area (Å²) in [5.41, 5.74) is 0.997. The number of fused-ring (bicyclic) bond motifs is 9. The van der Waals surface area contributed by atoms with Crippen molar-refractivity contribution in [1.82, 2.24) is 4.98 Å². The minimum Gasteiger partial charge on any atom is -0.490 e. The van der Waals surface area contributed by atoms with Crippen LogP contribution in [0.3, 0.4) is 0 Å². The van der Waals surface area contributed by atoms with Crippen LogP contribution >= 0.6 is 23.1 Å². The molecule has 14 heteroatoms. The molecule has 4 aromatic rings. The van der Waals surface area contributed by atoms with Gasteiger partial charge in [0.15, 0.2) is 18.1 Å². The molecule has 3 amide bonds. The highest BCUT2D eigenvalue weighted by Crippen LogP contribution is 2.69. The molecule has 1 aromatic heterocycles. The van der Waals surface area contributed by atoms with E-state index >= 15 is 0 Å². The second kappa shape index (κ2) is 12.6. The van der Waals surface area contributed by atoms with Crippen LogP contribution in [0.4, 0.5) is 24.5 Å². The second-order valence-corrected chi connectivity index (χ2v) is 15.5. The van der Waals surface area contributed by atoms with Crippen LogP contribution in [0, 0.1) is 36.5 Å². The molecule has 2 aliphatic heterocycles. The van der Waals surface area contributed by atoms with Gasteiger partial charge in [-0.1, -0.05) is 41.7 Å². The van der Waals surface area contributed by atoms with Crippen molar-refractivity contribution >= 4 is 52.2 Å². The molecule has 3 aromatic carbocycles. The second-order valence-electron chi connectivity index (χ2n) is 13.3. The molecule has 3 heterocycles. The van der Waals surface area contributed by atoms with E-state index in [1.165, 1.54) is 30.0 Å². The monoisotopic (exact) mass is 735 g/mol. The Bertz CT molecular complexity index is 2130. The Kier molecular flexibility index (Phi) is 8.29. The lowest BCUT2D eigenvalue weighted by Crippen LogP contribution is -2.42. The summed E-state index contributed by atoms with van der Waals surface area (Å²) < 4.78 is 54.0. The van der Waals surface area contributed by atoms with E-state index in [2.05, 4.69) is 10.3 Å². The number of H-pyrrole nitrogens is 1. The topological polar surface area (TPSA) is 118 Å². The van der Waals surface area contributed by atoms with E-state index in [4.69, 9.17) is 9.47 Å². The van der Waals surface area contributed by atoms with Gasteiger partial charge in [-0.25, -0.2) is 4.90 Å². The molecule has 7 atom stereocenters. The molecular weight excluding hydrogens is 704 g/mol. The summed E-state index contributed by atoms with van der Waals surface area (Å²) in [5, 5.41) is 3.36. The molecule has 1 saturated heterocycles. The van der Waals surface area contributed by atoms with Crippen LogP contribution in [-0.4, -0.2) is 41.2 Å². The Balaban J connectivity index is 1.11. The van der Waals surface area contributed by atoms with Crippen LogP contribution in [0.2, 0.25) is 0 Å². The number of rotatable bonds is 8. The van der Waals surface area contributed by atoms with Crippen molar-refractivity contribution in [2.75, 3.05) is 23.4 Å². The summed E-state index contributed by atoms with van der Waals surface area (Å²) in [6.07, 6.45) is -4.17. The highest BCUT2D eigenvalue weighted by Gasteiger charge is 2.70. The number of thioether (sulfide) groups is 1. The van der Waals surface area contributed by atoms with Crippen molar-refractivity contribution in [3.05, 3.63) is 98.0 Å². The third-order valence-corrected chi connectivity index (χ3v) is 13.0. The number of halogens is 3. The van der Waals surface area contributed by atoms with Gasteiger partial charge in [-0.3, -0.25) is 19.2 Å². The van der Waals surface area contributed by atoms with Crippen molar-refractivity contribution in [2.45, 2.75) is 42.6 Å². The Morgan fingerprint density at radius 1 is 0.961 bits per heavy atom. The van der Waals surface area contributed by atoms with E-state index in [-0.39, 0.29) is 46.3 Å². The van der Waals surface area contributed by atoms with Gasteiger partial charge in [-0.05, 0) is 85.5 Å². The molecule has 3 fully saturated rings. The maximum atomic E-state index is 14.1. The standard InChI is InChI=1S/C37H32F3N3O6S2/c1-3-48-25-14-18(11-12-24(25)49-16-26(44)41-19-8-6-7-17(2)13-19)27-28-20-15-21(31(28)50-33-32(27)51-36(47)42-33)30-29(20)34(45)43(35(30)46)23-10-5-4-9-22(23)37(38,39)40/h4-14,20-21,27-31H,3,15-16H2,1-2H3,(H,41,44)(H,42,47)/t20-,21-,27-,28?,29?,30?,31?/m1/s1. The number of hydrogen-bond donors (Lipinski definition) is 2. The van der Waals surface area contributed by atoms with Crippen LogP contribution in [0.15, 0.2) is 76.6 Å². The first-order chi connectivity index (χ1) is 24.4. The van der Waals surface area contributed by atoms with Gasteiger partial charge in [-0.2, -0.15) is 13.2 Å². The van der Waals surface area contributed by atoms with Gasteiger partial charge in [0, 0.05) is 21.7 Å². The van der Waals surface area contributed by atoms with Gasteiger partial charge >= 0.3 is 11.0 Å². The zero-order chi connectivity index (χ0) is 35.8. The van der Waals surface area contributed by atoms with Crippen molar-refractivity contribution < 1.29 is 37.0 Å². The average Bonchev–Trinajstić information content (AvgIpc) is 3.82. The fourth-order valence-corrected chi connectivity index (χ4v) is 11.6. The van der Waals surface area contributed by atoms with Crippen molar-refractivity contribution in [2.24, 2.45) is 29.6 Å². The number of aromatic nitrogens is 1. The number of nitrogens with zero attached hydrogens (tertiary/aromatic N) is 1. The molecule has 0 radical (unpaired) electrons. The minimum atomic E-state index is -4.75. The van der Waals surface area contributed by atoms with Crippen LogP contribution < -0.4 is 24.6 Å². The van der Waals surface area contributed by atoms with Crippen molar-refractivity contribution in [1.29, 1.82) is 0 Å². The van der Waals surface area contributed by atoms with E-state index in [0.717, 1.165) is 38.3 Å². The van der Waals surface area contributed by atoms with Crippen molar-refractivity contribution in [3.63, 3.8) is 0 Å². The fraction of sp³-hybridized carbons (Fsp3) is 0.351. The number of alkyl halides is 3. The van der Waals surface area contributed by atoms with Crippen LogP contribution in [0.1, 0.15) is 40.8 Å². The number of imide groups is 1. The lowest BCUT2D eigenvalue weighted by molar-refractivity contribution is -0.137. The molecule has 51 heavy (non-hydrogen) atoms. The smallest absolute Gasteiger partial charge is 0.418 e. The SMILES string of the molecule is CCOc1cc([C@H]2c3sc(=O)[nH]c3SC3C2[C@H]2C[C@@H]3C3C(=O)N(c4ccccc4C(F)(F)F)C(=O)C32)ccc1OCC(=O)Nc1cccc(C)c1. The number of carbonyl (C=O) groups is 3. The molecule has 2 bridgehead atoms. The zero-order valence-corrected chi connectivity index (χ0v) is 29.0. The van der Waals surface area contributed by atoms with Crippen LogP contribution in [0.25, 0.3) is 0 Å². The molecule has 4 aliphatic rings. The number of aromatic amines is 1. The molecule has 2 N–H and O–H groups in total. The third kappa shape index (κ3) is 5.63. The Morgan fingerprint density at radius 3 is 2.47 bits per heavy atom. The average molecular weight is 736 g/mol. The minimum absolute atomic E-state index is 0.162. The molecule has 2 saturated carbocycles. The van der Waals surface area contributed by atoms with Crippen LogP contribution in [-0.2, 0) is 20.6 Å². The van der Waals surface area contributed by atoms with Gasteiger partial charge in [0.2, 0.25) is 11.8 Å². The maximum absolute atomic E-state index is 14.1. The number of ether oxygens (including phenoxy) is 2. The number of aryl methyl sites for hydroxylation is 1. The van der Waals surface area contributed by atoms with Crippen molar-refractivity contribution in [3.8, 4) is 11.5 Å². The highest BCUT2D eigenvalue weighted by atomic mass is 32.2. The lowest BCUT2D eigenvalue weighted by atomic mass is 9.68. The molecule has 9 nitrogen and oxygen atoms in total. The predicted molar refractivity (Wildman–Crippen MR) is 185 cm³/mol. The number of para-hydroxylation sites is 1. The summed E-state index contributed by atoms with van der Waals surface area (Å²) in [4.78, 5) is 57.8. The van der Waals surface area contributed by atoms with Gasteiger partial charge in [0.1, 0.15) is 0 Å². The first kappa shape index (κ1) is 33.6. The molecule has 8 rings (SSSR count). The first-order valence-electron chi connectivity index (χ1n) is 16.6. The maximum Gasteiger partial charge on any atom is 0.418 e. The van der Waals surface area contributed by atoms with Gasteiger partial charge < -0.3 is 19.8 Å². The summed E-state index contributed by atoms with van der Waals surface area (Å²) >= 11 is 2.58. The normalized spacial score (nSPS) is 26.1. The molecule has 264 valence electrons. The number of thiazole rings is 1. The largest absolute Gasteiger partial charge is 0.490 e. The number of carbonyl (C=O) groups excluding carboxylic acids is 3. The van der Waals surface area contributed by atoms with E-state index < -0.39 is 41.1 Å². The van der Waals surface area contributed by atoms with Crippen LogP contribution in [0.5, 0.6) is 11.5 Å². The summed E-state index contributed by atoms with van der Waals surface area (Å²) in [5.74, 6) is -3.42. The molecule has 4 unspecified atom stereocenters. The predicted octanol–water partition coefficient (Wildman–Crippen LogP) is 6.86. The Hall–Kier alpha value is -4.56. The number of hydrogen-bond acceptors (Lipinski definition) is 8. The van der Waals surface area contributed by atoms with Gasteiger partial charge in [-0.15, -0.1) is 11.8 Å². The quantitative estimate of drug-likeness (QED) is 0.190. The van der Waals surface area contributed by atoms with E-state index in [1.54, 1.807) is 12.1 Å². The third-order valence-electron chi connectivity index (χ3n) is 10.5. The number of nitrogens with one attached hydrogen (secondary N) is 2. The van der Waals surface area contributed by atoms with E-state index in [9.17, 15) is 32.3 Å². The summed E-state index contributed by atoms with van der Waals surface area (Å²) in [7, 11) is 0. The van der Waals surface area contributed by atoms with E-state index in [0.29, 0.717) is 35.2 Å². The fourth-order valence-electron chi connectivity index (χ4n) is 8.70. The highest BCUT2D eigenvalue weighted by molar-refractivity contribution is 8.00. The molecule has 0 spiro atoms. The molecular formula is C37H32F3N3O6S2. The zero-order valence-electron chi connectivity index (χ0n) is 27.4. The summed E-state index contributed by atoms with van der Waals surface area (Å²) in [6, 6.07) is 17.5.